The van der Waals surface area contributed by atoms with Crippen molar-refractivity contribution >= 4 is 5.91 Å². The second kappa shape index (κ2) is 5.83. The number of carbonyl (C=O) groups excluding carboxylic acids is 1. The van der Waals surface area contributed by atoms with E-state index in [4.69, 9.17) is 4.74 Å². The Morgan fingerprint density at radius 3 is 2.47 bits per heavy atom. The standard InChI is InChI=1S/C13H24N2O2/c1-2-17-13(6-4-3-5-7-13)12(16)15-10-8-14-9-11-15/h14H,2-11H2,1H3. The minimum Gasteiger partial charge on any atom is -0.365 e. The van der Waals surface area contributed by atoms with Crippen molar-refractivity contribution in [1.29, 1.82) is 0 Å². The van der Waals surface area contributed by atoms with Crippen molar-refractivity contribution in [3.8, 4) is 0 Å². The van der Waals surface area contributed by atoms with E-state index in [-0.39, 0.29) is 5.91 Å². The van der Waals surface area contributed by atoms with Gasteiger partial charge < -0.3 is 15.0 Å². The van der Waals surface area contributed by atoms with Gasteiger partial charge in [-0.1, -0.05) is 19.3 Å². The Balaban J connectivity index is 2.05. The van der Waals surface area contributed by atoms with Crippen molar-refractivity contribution in [3.05, 3.63) is 0 Å². The summed E-state index contributed by atoms with van der Waals surface area (Å²) < 4.78 is 5.87. The Morgan fingerprint density at radius 2 is 1.88 bits per heavy atom. The molecule has 0 spiro atoms. The smallest absolute Gasteiger partial charge is 0.254 e. The quantitative estimate of drug-likeness (QED) is 0.805. The predicted octanol–water partition coefficient (Wildman–Crippen LogP) is 1.16. The van der Waals surface area contributed by atoms with Crippen molar-refractivity contribution in [2.45, 2.75) is 44.6 Å². The molecule has 4 nitrogen and oxygen atoms in total. The molecule has 98 valence electrons. The van der Waals surface area contributed by atoms with Crippen LogP contribution in [0.2, 0.25) is 0 Å². The molecule has 0 aromatic carbocycles. The highest BCUT2D eigenvalue weighted by Gasteiger charge is 2.42. The van der Waals surface area contributed by atoms with Crippen LogP contribution in [0.25, 0.3) is 0 Å². The second-order valence-electron chi connectivity index (χ2n) is 5.03. The number of hydrogen-bond acceptors (Lipinski definition) is 3. The topological polar surface area (TPSA) is 41.6 Å². The maximum Gasteiger partial charge on any atom is 0.254 e. The number of hydrogen-bond donors (Lipinski definition) is 1. The van der Waals surface area contributed by atoms with Gasteiger partial charge in [-0.25, -0.2) is 0 Å². The molecule has 1 aliphatic heterocycles. The summed E-state index contributed by atoms with van der Waals surface area (Å²) in [7, 11) is 0. The summed E-state index contributed by atoms with van der Waals surface area (Å²) in [5.41, 5.74) is -0.496. The highest BCUT2D eigenvalue weighted by molar-refractivity contribution is 5.85. The number of rotatable bonds is 3. The normalized spacial score (nSPS) is 24.6. The van der Waals surface area contributed by atoms with E-state index in [2.05, 4.69) is 5.32 Å². The zero-order valence-electron chi connectivity index (χ0n) is 10.8. The molecular weight excluding hydrogens is 216 g/mol. The molecule has 1 N–H and O–H groups in total. The van der Waals surface area contributed by atoms with Gasteiger partial charge in [-0.15, -0.1) is 0 Å². The van der Waals surface area contributed by atoms with Crippen LogP contribution >= 0.6 is 0 Å². The van der Waals surface area contributed by atoms with Gasteiger partial charge in [-0.2, -0.15) is 0 Å². The zero-order chi connectivity index (χ0) is 12.1. The third-order valence-electron chi connectivity index (χ3n) is 3.88. The van der Waals surface area contributed by atoms with Crippen LogP contribution < -0.4 is 5.32 Å². The summed E-state index contributed by atoms with van der Waals surface area (Å²) in [6.07, 6.45) is 5.30. The van der Waals surface area contributed by atoms with Gasteiger partial charge in [0.05, 0.1) is 0 Å². The first-order chi connectivity index (χ1) is 8.28. The third kappa shape index (κ3) is 2.80. The van der Waals surface area contributed by atoms with E-state index in [9.17, 15) is 4.79 Å². The Kier molecular flexibility index (Phi) is 4.40. The van der Waals surface area contributed by atoms with Crippen molar-refractivity contribution in [3.63, 3.8) is 0 Å². The molecule has 2 aliphatic rings. The third-order valence-corrected chi connectivity index (χ3v) is 3.88. The summed E-state index contributed by atoms with van der Waals surface area (Å²) in [5.74, 6) is 0.237. The molecule has 4 heteroatoms. The molecule has 1 heterocycles. The molecule has 2 rings (SSSR count). The molecule has 1 saturated carbocycles. The van der Waals surface area contributed by atoms with Gasteiger partial charge in [-0.3, -0.25) is 4.79 Å². The first kappa shape index (κ1) is 12.8. The van der Waals surface area contributed by atoms with Crippen molar-refractivity contribution in [2.75, 3.05) is 32.8 Å². The molecule has 0 bridgehead atoms. The van der Waals surface area contributed by atoms with E-state index >= 15 is 0 Å². The van der Waals surface area contributed by atoms with E-state index in [1.54, 1.807) is 0 Å². The Bertz CT molecular complexity index is 251. The molecular formula is C13H24N2O2. The highest BCUT2D eigenvalue weighted by Crippen LogP contribution is 2.33. The maximum absolute atomic E-state index is 12.6. The average molecular weight is 240 g/mol. The predicted molar refractivity (Wildman–Crippen MR) is 66.9 cm³/mol. The number of piperazine rings is 1. The number of amides is 1. The number of ether oxygens (including phenoxy) is 1. The van der Waals surface area contributed by atoms with E-state index in [0.29, 0.717) is 6.61 Å². The number of nitrogens with one attached hydrogen (secondary N) is 1. The van der Waals surface area contributed by atoms with Gasteiger partial charge in [0.1, 0.15) is 5.60 Å². The number of nitrogens with zero attached hydrogens (tertiary/aromatic N) is 1. The van der Waals surface area contributed by atoms with E-state index in [0.717, 1.165) is 51.9 Å². The molecule has 0 atom stereocenters. The lowest BCUT2D eigenvalue weighted by Gasteiger charge is -2.40. The van der Waals surface area contributed by atoms with Gasteiger partial charge in [0.2, 0.25) is 0 Å². The van der Waals surface area contributed by atoms with Gasteiger partial charge >= 0.3 is 0 Å². The largest absolute Gasteiger partial charge is 0.365 e. The molecule has 1 amide bonds. The van der Waals surface area contributed by atoms with Crippen LogP contribution in [0, 0.1) is 0 Å². The lowest BCUT2D eigenvalue weighted by atomic mass is 9.83. The summed E-state index contributed by atoms with van der Waals surface area (Å²) >= 11 is 0. The lowest BCUT2D eigenvalue weighted by Crippen LogP contribution is -2.56. The minimum atomic E-state index is -0.496. The molecule has 0 aromatic rings. The Morgan fingerprint density at radius 1 is 1.24 bits per heavy atom. The zero-order valence-corrected chi connectivity index (χ0v) is 10.8. The summed E-state index contributed by atoms with van der Waals surface area (Å²) in [5, 5.41) is 3.28. The van der Waals surface area contributed by atoms with E-state index < -0.39 is 5.60 Å². The molecule has 1 saturated heterocycles. The Labute approximate surface area is 104 Å². The molecule has 1 aliphatic carbocycles. The van der Waals surface area contributed by atoms with E-state index in [1.807, 2.05) is 11.8 Å². The van der Waals surface area contributed by atoms with Gasteiger partial charge in [-0.05, 0) is 19.8 Å². The fourth-order valence-electron chi connectivity index (χ4n) is 2.98. The van der Waals surface area contributed by atoms with Gasteiger partial charge in [0.25, 0.3) is 5.91 Å². The van der Waals surface area contributed by atoms with Gasteiger partial charge in [0.15, 0.2) is 0 Å². The van der Waals surface area contributed by atoms with Crippen LogP contribution in [0.1, 0.15) is 39.0 Å². The van der Waals surface area contributed by atoms with Crippen molar-refractivity contribution in [1.82, 2.24) is 10.2 Å². The lowest BCUT2D eigenvalue weighted by molar-refractivity contribution is -0.163. The fraction of sp³-hybridized carbons (Fsp3) is 0.923. The molecule has 2 fully saturated rings. The summed E-state index contributed by atoms with van der Waals surface area (Å²) in [6.45, 7) is 6.10. The summed E-state index contributed by atoms with van der Waals surface area (Å²) in [4.78, 5) is 14.6. The van der Waals surface area contributed by atoms with Crippen LogP contribution in [-0.2, 0) is 9.53 Å². The van der Waals surface area contributed by atoms with E-state index in [1.165, 1.54) is 6.42 Å². The SMILES string of the molecule is CCOC1(C(=O)N2CCNCC2)CCCCC1. The maximum atomic E-state index is 12.6. The van der Waals surface area contributed by atoms with Crippen LogP contribution in [0.4, 0.5) is 0 Å². The highest BCUT2D eigenvalue weighted by atomic mass is 16.5. The molecule has 0 aromatic heterocycles. The van der Waals surface area contributed by atoms with Crippen LogP contribution in [0.3, 0.4) is 0 Å². The molecule has 0 unspecified atom stereocenters. The average Bonchev–Trinajstić information content (AvgIpc) is 2.40. The Hall–Kier alpha value is -0.610. The van der Waals surface area contributed by atoms with Crippen molar-refractivity contribution < 1.29 is 9.53 Å². The first-order valence-corrected chi connectivity index (χ1v) is 6.92. The second-order valence-corrected chi connectivity index (χ2v) is 5.03. The van der Waals surface area contributed by atoms with Crippen LogP contribution in [0.15, 0.2) is 0 Å². The molecule has 0 radical (unpaired) electrons. The number of carbonyl (C=O) groups is 1. The first-order valence-electron chi connectivity index (χ1n) is 6.92. The fourth-order valence-corrected chi connectivity index (χ4v) is 2.98. The van der Waals surface area contributed by atoms with Crippen molar-refractivity contribution in [2.24, 2.45) is 0 Å². The van der Waals surface area contributed by atoms with Crippen LogP contribution in [-0.4, -0.2) is 49.2 Å². The van der Waals surface area contributed by atoms with Gasteiger partial charge in [0, 0.05) is 32.8 Å². The molecule has 17 heavy (non-hydrogen) atoms. The minimum absolute atomic E-state index is 0.237. The monoisotopic (exact) mass is 240 g/mol. The summed E-state index contributed by atoms with van der Waals surface area (Å²) in [6, 6.07) is 0. The van der Waals surface area contributed by atoms with Crippen LogP contribution in [0.5, 0.6) is 0 Å².